The van der Waals surface area contributed by atoms with E-state index in [4.69, 9.17) is 5.73 Å². The lowest BCUT2D eigenvalue weighted by Crippen LogP contribution is -2.07. The molecule has 0 radical (unpaired) electrons. The zero-order valence-corrected chi connectivity index (χ0v) is 10.7. The topological polar surface area (TPSA) is 43.1 Å². The molecule has 0 bridgehead atoms. The Hall–Kier alpha value is -1.75. The quantitative estimate of drug-likeness (QED) is 0.681. The second kappa shape index (κ2) is 4.86. The van der Waals surface area contributed by atoms with Crippen molar-refractivity contribution in [2.24, 2.45) is 0 Å². The molecular weight excluding hydrogens is 304 g/mol. The number of carbonyl (C=O) groups excluding carboxylic acids is 1. The molecule has 0 aliphatic carbocycles. The van der Waals surface area contributed by atoms with Crippen LogP contribution >= 0.6 is 15.9 Å². The van der Waals surface area contributed by atoms with E-state index in [9.17, 15) is 13.6 Å². The molecule has 0 fully saturated rings. The van der Waals surface area contributed by atoms with Crippen molar-refractivity contribution in [3.05, 3.63) is 63.6 Å². The molecular formula is C13H8BrF2NO. The zero-order chi connectivity index (χ0) is 13.3. The summed E-state index contributed by atoms with van der Waals surface area (Å²) in [6, 6.07) is 7.65. The Balaban J connectivity index is 2.51. The normalized spacial score (nSPS) is 10.4. The molecule has 0 aliphatic heterocycles. The maximum atomic E-state index is 13.5. The van der Waals surface area contributed by atoms with E-state index < -0.39 is 23.0 Å². The molecule has 0 saturated carbocycles. The summed E-state index contributed by atoms with van der Waals surface area (Å²) >= 11 is 3.16. The Bertz CT molecular complexity index is 608. The van der Waals surface area contributed by atoms with Crippen LogP contribution in [0, 0.1) is 11.6 Å². The van der Waals surface area contributed by atoms with Crippen LogP contribution in [0.3, 0.4) is 0 Å². The van der Waals surface area contributed by atoms with Crippen molar-refractivity contribution in [3.63, 3.8) is 0 Å². The van der Waals surface area contributed by atoms with Gasteiger partial charge in [0.05, 0.1) is 5.56 Å². The number of rotatable bonds is 2. The fourth-order valence-electron chi connectivity index (χ4n) is 1.53. The molecule has 0 unspecified atom stereocenters. The first kappa shape index (κ1) is 12.7. The molecule has 5 heteroatoms. The molecule has 0 saturated heterocycles. The molecule has 18 heavy (non-hydrogen) atoms. The zero-order valence-electron chi connectivity index (χ0n) is 9.08. The van der Waals surface area contributed by atoms with Gasteiger partial charge in [0.2, 0.25) is 0 Å². The first-order valence-corrected chi connectivity index (χ1v) is 5.83. The van der Waals surface area contributed by atoms with Gasteiger partial charge in [-0.1, -0.05) is 6.07 Å². The highest BCUT2D eigenvalue weighted by atomic mass is 79.9. The molecule has 2 rings (SSSR count). The molecule has 0 amide bonds. The van der Waals surface area contributed by atoms with Crippen LogP contribution in [0.1, 0.15) is 15.9 Å². The lowest BCUT2D eigenvalue weighted by Gasteiger charge is -2.05. The molecule has 2 aromatic carbocycles. The highest BCUT2D eigenvalue weighted by Gasteiger charge is 2.19. The first-order valence-electron chi connectivity index (χ1n) is 5.04. The van der Waals surface area contributed by atoms with Gasteiger partial charge < -0.3 is 5.73 Å². The highest BCUT2D eigenvalue weighted by Crippen LogP contribution is 2.23. The second-order valence-corrected chi connectivity index (χ2v) is 4.52. The van der Waals surface area contributed by atoms with Gasteiger partial charge in [0, 0.05) is 15.7 Å². The van der Waals surface area contributed by atoms with Gasteiger partial charge in [-0.15, -0.1) is 0 Å². The van der Waals surface area contributed by atoms with E-state index in [-0.39, 0.29) is 5.56 Å². The minimum atomic E-state index is -0.882. The Morgan fingerprint density at radius 1 is 1.11 bits per heavy atom. The van der Waals surface area contributed by atoms with Crippen LogP contribution in [0.2, 0.25) is 0 Å². The predicted octanol–water partition coefficient (Wildman–Crippen LogP) is 3.54. The fourth-order valence-corrected chi connectivity index (χ4v) is 1.91. The van der Waals surface area contributed by atoms with Gasteiger partial charge >= 0.3 is 0 Å². The van der Waals surface area contributed by atoms with Gasteiger partial charge in [0.1, 0.15) is 11.6 Å². The van der Waals surface area contributed by atoms with Gasteiger partial charge in [-0.3, -0.25) is 4.79 Å². The van der Waals surface area contributed by atoms with Crippen molar-refractivity contribution < 1.29 is 13.6 Å². The molecule has 0 aromatic heterocycles. The first-order chi connectivity index (χ1) is 8.50. The maximum Gasteiger partial charge on any atom is 0.198 e. The van der Waals surface area contributed by atoms with Gasteiger partial charge in [0.15, 0.2) is 5.78 Å². The molecule has 2 aromatic rings. The summed E-state index contributed by atoms with van der Waals surface area (Å²) in [5.41, 5.74) is 5.63. The predicted molar refractivity (Wildman–Crippen MR) is 68.3 cm³/mol. The summed E-state index contributed by atoms with van der Waals surface area (Å²) in [5.74, 6) is -2.48. The van der Waals surface area contributed by atoms with Crippen LogP contribution in [0.4, 0.5) is 14.5 Å². The van der Waals surface area contributed by atoms with E-state index in [0.717, 1.165) is 12.1 Å². The lowest BCUT2D eigenvalue weighted by atomic mass is 10.0. The summed E-state index contributed by atoms with van der Waals surface area (Å²) in [6.07, 6.45) is 0. The van der Waals surface area contributed by atoms with Crippen molar-refractivity contribution in [2.75, 3.05) is 5.73 Å². The van der Waals surface area contributed by atoms with Crippen LogP contribution < -0.4 is 5.73 Å². The Labute approximate surface area is 111 Å². The number of ketones is 1. The number of nitrogen functional groups attached to an aromatic ring is 1. The lowest BCUT2D eigenvalue weighted by molar-refractivity contribution is 0.103. The molecule has 92 valence electrons. The monoisotopic (exact) mass is 311 g/mol. The highest BCUT2D eigenvalue weighted by molar-refractivity contribution is 9.10. The summed E-state index contributed by atoms with van der Waals surface area (Å²) in [5, 5.41) is 0. The molecule has 2 nitrogen and oxygen atoms in total. The Morgan fingerprint density at radius 3 is 2.28 bits per heavy atom. The molecule has 2 N–H and O–H groups in total. The Morgan fingerprint density at radius 2 is 1.72 bits per heavy atom. The van der Waals surface area contributed by atoms with Crippen LogP contribution in [0.5, 0.6) is 0 Å². The van der Waals surface area contributed by atoms with E-state index in [2.05, 4.69) is 15.9 Å². The number of nitrogens with two attached hydrogens (primary N) is 1. The minimum absolute atomic E-state index is 0.167. The number of hydrogen-bond acceptors (Lipinski definition) is 2. The standard InChI is InChI=1S/C13H8BrF2NO/c14-8-6-7(4-5-11(8)17)13(18)12-9(15)2-1-3-10(12)16/h1-6H,17H2. The fraction of sp³-hybridized carbons (Fsp3) is 0. The molecule has 0 heterocycles. The van der Waals surface area contributed by atoms with Crippen LogP contribution in [-0.4, -0.2) is 5.78 Å². The number of benzene rings is 2. The van der Waals surface area contributed by atoms with Gasteiger partial charge in [-0.2, -0.15) is 0 Å². The summed E-state index contributed by atoms with van der Waals surface area (Å²) in [4.78, 5) is 12.0. The Kier molecular flexibility index (Phi) is 3.43. The third kappa shape index (κ3) is 2.26. The van der Waals surface area contributed by atoms with E-state index in [1.165, 1.54) is 24.3 Å². The number of carbonyl (C=O) groups is 1. The van der Waals surface area contributed by atoms with E-state index in [1.54, 1.807) is 0 Å². The minimum Gasteiger partial charge on any atom is -0.398 e. The van der Waals surface area contributed by atoms with E-state index >= 15 is 0 Å². The summed E-state index contributed by atoms with van der Waals surface area (Å²) < 4.78 is 27.4. The summed E-state index contributed by atoms with van der Waals surface area (Å²) in [7, 11) is 0. The van der Waals surface area contributed by atoms with E-state index in [0.29, 0.717) is 10.2 Å². The van der Waals surface area contributed by atoms with Crippen LogP contribution in [-0.2, 0) is 0 Å². The van der Waals surface area contributed by atoms with Crippen molar-refractivity contribution in [1.29, 1.82) is 0 Å². The van der Waals surface area contributed by atoms with Crippen LogP contribution in [0.25, 0.3) is 0 Å². The van der Waals surface area contributed by atoms with Gasteiger partial charge in [-0.25, -0.2) is 8.78 Å². The molecule has 0 aliphatic rings. The van der Waals surface area contributed by atoms with Crippen LogP contribution in [0.15, 0.2) is 40.9 Å². The SMILES string of the molecule is Nc1ccc(C(=O)c2c(F)cccc2F)cc1Br. The van der Waals surface area contributed by atoms with Crippen molar-refractivity contribution >= 4 is 27.4 Å². The average Bonchev–Trinajstić information content (AvgIpc) is 2.32. The number of hydrogen-bond donors (Lipinski definition) is 1. The van der Waals surface area contributed by atoms with Gasteiger partial charge in [-0.05, 0) is 46.3 Å². The maximum absolute atomic E-state index is 13.5. The smallest absolute Gasteiger partial charge is 0.198 e. The number of halogens is 3. The van der Waals surface area contributed by atoms with E-state index in [1.807, 2.05) is 0 Å². The third-order valence-corrected chi connectivity index (χ3v) is 3.14. The van der Waals surface area contributed by atoms with Crippen molar-refractivity contribution in [1.82, 2.24) is 0 Å². The number of anilines is 1. The average molecular weight is 312 g/mol. The second-order valence-electron chi connectivity index (χ2n) is 3.66. The van der Waals surface area contributed by atoms with Gasteiger partial charge in [0.25, 0.3) is 0 Å². The van der Waals surface area contributed by atoms with Crippen molar-refractivity contribution in [2.45, 2.75) is 0 Å². The van der Waals surface area contributed by atoms with Crippen molar-refractivity contribution in [3.8, 4) is 0 Å². The summed E-state index contributed by atoms with van der Waals surface area (Å²) in [6.45, 7) is 0. The molecule has 0 spiro atoms. The molecule has 0 atom stereocenters. The third-order valence-electron chi connectivity index (χ3n) is 2.45. The largest absolute Gasteiger partial charge is 0.398 e.